The van der Waals surface area contributed by atoms with Gasteiger partial charge in [-0.05, 0) is 64.8 Å². The molecule has 10 nitrogen and oxygen atoms in total. The SMILES string of the molecule is COc1ccc(S(=O)(=O)N(C)C)cc1NC(=O)C(C)N1CCC(CN(C)C(=O)OC(C)(C)C)C1. The van der Waals surface area contributed by atoms with E-state index in [0.717, 1.165) is 10.7 Å². The Morgan fingerprint density at radius 3 is 2.44 bits per heavy atom. The molecule has 1 saturated heterocycles. The summed E-state index contributed by atoms with van der Waals surface area (Å²) in [7, 11) is 2.41. The van der Waals surface area contributed by atoms with Crippen LogP contribution < -0.4 is 10.1 Å². The van der Waals surface area contributed by atoms with E-state index in [2.05, 4.69) is 10.2 Å². The first kappa shape index (κ1) is 27.9. The topological polar surface area (TPSA) is 108 Å². The normalized spacial score (nSPS) is 18.0. The molecule has 2 unspecified atom stereocenters. The number of anilines is 1. The Hall–Kier alpha value is -2.37. The van der Waals surface area contributed by atoms with Crippen LogP contribution in [0.3, 0.4) is 0 Å². The molecular weight excluding hydrogens is 460 g/mol. The minimum absolute atomic E-state index is 0.0627. The first-order valence-corrected chi connectivity index (χ1v) is 12.7. The average Bonchev–Trinajstić information content (AvgIpc) is 3.20. The third-order valence-corrected chi connectivity index (χ3v) is 7.50. The number of nitrogens with zero attached hydrogens (tertiary/aromatic N) is 3. The number of benzene rings is 1. The molecule has 1 aliphatic heterocycles. The predicted molar refractivity (Wildman–Crippen MR) is 131 cm³/mol. The second-order valence-corrected chi connectivity index (χ2v) is 12.0. The van der Waals surface area contributed by atoms with Crippen LogP contribution >= 0.6 is 0 Å². The maximum atomic E-state index is 13.0. The summed E-state index contributed by atoms with van der Waals surface area (Å²) in [6, 6.07) is 3.92. The Labute approximate surface area is 203 Å². The molecule has 1 fully saturated rings. The third kappa shape index (κ3) is 7.07. The molecule has 2 rings (SSSR count). The number of carbonyl (C=O) groups is 2. The molecule has 1 N–H and O–H groups in total. The van der Waals surface area contributed by atoms with Crippen molar-refractivity contribution < 1.29 is 27.5 Å². The number of likely N-dealkylation sites (tertiary alicyclic amines) is 1. The molecule has 1 aromatic carbocycles. The zero-order chi connectivity index (χ0) is 25.8. The van der Waals surface area contributed by atoms with E-state index in [1.54, 1.807) is 11.9 Å². The Morgan fingerprint density at radius 1 is 1.24 bits per heavy atom. The first-order valence-electron chi connectivity index (χ1n) is 11.2. The maximum absolute atomic E-state index is 13.0. The van der Waals surface area contributed by atoms with Gasteiger partial charge in [-0.3, -0.25) is 9.69 Å². The summed E-state index contributed by atoms with van der Waals surface area (Å²) in [5.41, 5.74) is -0.258. The molecule has 192 valence electrons. The summed E-state index contributed by atoms with van der Waals surface area (Å²) in [4.78, 5) is 28.9. The van der Waals surface area contributed by atoms with Crippen LogP contribution in [-0.2, 0) is 19.6 Å². The number of methoxy groups -OCH3 is 1. The minimum Gasteiger partial charge on any atom is -0.495 e. The molecule has 1 aliphatic rings. The van der Waals surface area contributed by atoms with Gasteiger partial charge >= 0.3 is 6.09 Å². The summed E-state index contributed by atoms with van der Waals surface area (Å²) in [6.45, 7) is 9.21. The van der Waals surface area contributed by atoms with Gasteiger partial charge < -0.3 is 19.7 Å². The third-order valence-electron chi connectivity index (χ3n) is 5.69. The van der Waals surface area contributed by atoms with Crippen LogP contribution in [0.15, 0.2) is 23.1 Å². The van der Waals surface area contributed by atoms with E-state index in [4.69, 9.17) is 9.47 Å². The van der Waals surface area contributed by atoms with Gasteiger partial charge in [0.05, 0.1) is 23.7 Å². The highest BCUT2D eigenvalue weighted by molar-refractivity contribution is 7.89. The smallest absolute Gasteiger partial charge is 0.410 e. The van der Waals surface area contributed by atoms with E-state index in [9.17, 15) is 18.0 Å². The number of ether oxygens (including phenoxy) is 2. The van der Waals surface area contributed by atoms with E-state index < -0.39 is 21.7 Å². The summed E-state index contributed by atoms with van der Waals surface area (Å²) >= 11 is 0. The van der Waals surface area contributed by atoms with Crippen LogP contribution in [0.1, 0.15) is 34.1 Å². The second kappa shape index (κ2) is 10.9. The standard InChI is InChI=1S/C23H38N4O6S/c1-16(27-12-11-17(15-27)14-26(7)22(29)33-23(2,3)4)21(28)24-19-13-18(9-10-20(19)32-8)34(30,31)25(5)6/h9-10,13,16-17H,11-12,14-15H2,1-8H3,(H,24,28). The lowest BCUT2D eigenvalue weighted by molar-refractivity contribution is -0.120. The van der Waals surface area contributed by atoms with Gasteiger partial charge in [0, 0.05) is 34.2 Å². The predicted octanol–water partition coefficient (Wildman–Crippen LogP) is 2.46. The van der Waals surface area contributed by atoms with Crippen molar-refractivity contribution in [3.8, 4) is 5.75 Å². The molecule has 2 atom stereocenters. The molecule has 11 heteroatoms. The van der Waals surface area contributed by atoms with Gasteiger partial charge in [-0.25, -0.2) is 17.5 Å². The van der Waals surface area contributed by atoms with E-state index >= 15 is 0 Å². The number of rotatable bonds is 8. The van der Waals surface area contributed by atoms with Crippen LogP contribution in [0.25, 0.3) is 0 Å². The number of hydrogen-bond donors (Lipinski definition) is 1. The number of carbonyl (C=O) groups excluding carboxylic acids is 2. The van der Waals surface area contributed by atoms with Crippen LogP contribution in [0.2, 0.25) is 0 Å². The van der Waals surface area contributed by atoms with Crippen molar-refractivity contribution in [2.24, 2.45) is 5.92 Å². The van der Waals surface area contributed by atoms with Crippen LogP contribution in [0, 0.1) is 5.92 Å². The van der Waals surface area contributed by atoms with Crippen molar-refractivity contribution in [2.45, 2.75) is 50.7 Å². The van der Waals surface area contributed by atoms with Crippen molar-refractivity contribution in [1.29, 1.82) is 0 Å². The van der Waals surface area contributed by atoms with E-state index in [-0.39, 0.29) is 22.8 Å². The lowest BCUT2D eigenvalue weighted by atomic mass is 10.1. The molecular formula is C23H38N4O6S. The van der Waals surface area contributed by atoms with Gasteiger partial charge in [0.25, 0.3) is 0 Å². The van der Waals surface area contributed by atoms with Gasteiger partial charge in [-0.1, -0.05) is 0 Å². The van der Waals surface area contributed by atoms with E-state index in [1.165, 1.54) is 39.4 Å². The van der Waals surface area contributed by atoms with Crippen LogP contribution in [0.5, 0.6) is 5.75 Å². The Balaban J connectivity index is 2.03. The summed E-state index contributed by atoms with van der Waals surface area (Å²) in [6.07, 6.45) is 0.487. The fourth-order valence-corrected chi connectivity index (χ4v) is 4.65. The molecule has 1 heterocycles. The molecule has 0 saturated carbocycles. The molecule has 0 aliphatic carbocycles. The quantitative estimate of drug-likeness (QED) is 0.586. The largest absolute Gasteiger partial charge is 0.495 e. The van der Waals surface area contributed by atoms with E-state index in [1.807, 2.05) is 27.7 Å². The molecule has 0 spiro atoms. The monoisotopic (exact) mass is 498 g/mol. The molecule has 0 radical (unpaired) electrons. The lowest BCUT2D eigenvalue weighted by Crippen LogP contribution is -2.42. The number of amides is 2. The second-order valence-electron chi connectivity index (χ2n) is 9.83. The lowest BCUT2D eigenvalue weighted by Gasteiger charge is -2.27. The number of sulfonamides is 1. The van der Waals surface area contributed by atoms with Crippen molar-refractivity contribution in [1.82, 2.24) is 14.1 Å². The first-order chi connectivity index (χ1) is 15.7. The van der Waals surface area contributed by atoms with Gasteiger partial charge in [0.2, 0.25) is 15.9 Å². The number of nitrogens with one attached hydrogen (secondary N) is 1. The Bertz CT molecular complexity index is 990. The summed E-state index contributed by atoms with van der Waals surface area (Å²) in [5.74, 6) is 0.325. The molecule has 2 amide bonds. The van der Waals surface area contributed by atoms with Crippen molar-refractivity contribution in [2.75, 3.05) is 53.2 Å². The summed E-state index contributed by atoms with van der Waals surface area (Å²) in [5, 5.41) is 2.82. The van der Waals surface area contributed by atoms with Crippen molar-refractivity contribution in [3.63, 3.8) is 0 Å². The molecule has 1 aromatic rings. The fourth-order valence-electron chi connectivity index (χ4n) is 3.72. The van der Waals surface area contributed by atoms with Gasteiger partial charge in [-0.15, -0.1) is 0 Å². The number of hydrogen-bond acceptors (Lipinski definition) is 7. The van der Waals surface area contributed by atoms with Gasteiger partial charge in [-0.2, -0.15) is 0 Å². The highest BCUT2D eigenvalue weighted by Gasteiger charge is 2.32. The molecule has 34 heavy (non-hydrogen) atoms. The zero-order valence-corrected chi connectivity index (χ0v) is 22.2. The zero-order valence-electron chi connectivity index (χ0n) is 21.4. The summed E-state index contributed by atoms with van der Waals surface area (Å²) < 4.78 is 36.8. The molecule has 0 bridgehead atoms. The van der Waals surface area contributed by atoms with Crippen LogP contribution in [0.4, 0.5) is 10.5 Å². The Morgan fingerprint density at radius 2 is 1.88 bits per heavy atom. The van der Waals surface area contributed by atoms with Crippen LogP contribution in [-0.4, -0.2) is 94.1 Å². The highest BCUT2D eigenvalue weighted by Crippen LogP contribution is 2.29. The van der Waals surface area contributed by atoms with Gasteiger partial charge in [0.15, 0.2) is 0 Å². The van der Waals surface area contributed by atoms with Crippen molar-refractivity contribution >= 4 is 27.7 Å². The maximum Gasteiger partial charge on any atom is 0.410 e. The van der Waals surface area contributed by atoms with Gasteiger partial charge in [0.1, 0.15) is 11.4 Å². The Kier molecular flexibility index (Phi) is 8.95. The average molecular weight is 499 g/mol. The van der Waals surface area contributed by atoms with E-state index in [0.29, 0.717) is 31.1 Å². The van der Waals surface area contributed by atoms with Crippen molar-refractivity contribution in [3.05, 3.63) is 18.2 Å². The molecule has 0 aromatic heterocycles. The fraction of sp³-hybridized carbons (Fsp3) is 0.652. The highest BCUT2D eigenvalue weighted by atomic mass is 32.2. The minimum atomic E-state index is -3.66.